The van der Waals surface area contributed by atoms with Gasteiger partial charge in [-0.3, -0.25) is 4.79 Å². The molecule has 0 atom stereocenters. The highest BCUT2D eigenvalue weighted by Gasteiger charge is 2.21. The van der Waals surface area contributed by atoms with Gasteiger partial charge in [0.25, 0.3) is 0 Å². The average molecular weight is 284 g/mol. The number of aryl methyl sites for hydroxylation is 1. The predicted molar refractivity (Wildman–Crippen MR) is 83.4 cm³/mol. The number of aromatic nitrogens is 2. The summed E-state index contributed by atoms with van der Waals surface area (Å²) < 4.78 is 0. The van der Waals surface area contributed by atoms with Gasteiger partial charge in [-0.15, -0.1) is 0 Å². The van der Waals surface area contributed by atoms with Gasteiger partial charge in [-0.25, -0.2) is 9.97 Å². The van der Waals surface area contributed by atoms with Crippen molar-refractivity contribution in [1.29, 1.82) is 0 Å². The monoisotopic (exact) mass is 284 g/mol. The van der Waals surface area contributed by atoms with Crippen molar-refractivity contribution in [2.75, 3.05) is 31.1 Å². The van der Waals surface area contributed by atoms with Crippen LogP contribution in [0.15, 0.2) is 24.5 Å². The zero-order valence-corrected chi connectivity index (χ0v) is 12.5. The fourth-order valence-corrected chi connectivity index (χ4v) is 2.80. The van der Waals surface area contributed by atoms with Crippen LogP contribution in [0.2, 0.25) is 0 Å². The largest absolute Gasteiger partial charge is 0.352 e. The standard InChI is InChI=1S/C16H20N4O/c1-3-13-4-5-15-14(10-13)16(18-11-17-15)20-8-6-19(7-9-20)12(2)21/h4-5,10-11H,3,6-9H2,1-2H3. The molecule has 1 fully saturated rings. The van der Waals surface area contributed by atoms with E-state index in [0.717, 1.165) is 49.3 Å². The quantitative estimate of drug-likeness (QED) is 0.844. The van der Waals surface area contributed by atoms with Crippen LogP contribution < -0.4 is 4.90 Å². The van der Waals surface area contributed by atoms with E-state index in [2.05, 4.69) is 40.0 Å². The molecule has 0 radical (unpaired) electrons. The van der Waals surface area contributed by atoms with Crippen LogP contribution in [0.3, 0.4) is 0 Å². The Kier molecular flexibility index (Phi) is 3.73. The highest BCUT2D eigenvalue weighted by Crippen LogP contribution is 2.25. The molecule has 2 heterocycles. The third-order valence-electron chi connectivity index (χ3n) is 4.11. The van der Waals surface area contributed by atoms with Crippen molar-refractivity contribution < 1.29 is 4.79 Å². The Balaban J connectivity index is 1.92. The molecule has 1 aromatic heterocycles. The Labute approximate surface area is 124 Å². The van der Waals surface area contributed by atoms with Crippen LogP contribution in [0.4, 0.5) is 5.82 Å². The summed E-state index contributed by atoms with van der Waals surface area (Å²) in [5, 5.41) is 1.10. The summed E-state index contributed by atoms with van der Waals surface area (Å²) in [4.78, 5) is 24.4. The molecular weight excluding hydrogens is 264 g/mol. The van der Waals surface area contributed by atoms with Gasteiger partial charge in [-0.1, -0.05) is 13.0 Å². The van der Waals surface area contributed by atoms with E-state index in [9.17, 15) is 4.79 Å². The maximum absolute atomic E-state index is 11.4. The number of anilines is 1. The van der Waals surface area contributed by atoms with Gasteiger partial charge in [0, 0.05) is 38.5 Å². The van der Waals surface area contributed by atoms with Crippen molar-refractivity contribution in [3.63, 3.8) is 0 Å². The molecule has 0 saturated carbocycles. The van der Waals surface area contributed by atoms with Gasteiger partial charge in [-0.2, -0.15) is 0 Å². The van der Waals surface area contributed by atoms with Crippen molar-refractivity contribution in [2.45, 2.75) is 20.3 Å². The van der Waals surface area contributed by atoms with Gasteiger partial charge in [-0.05, 0) is 24.1 Å². The van der Waals surface area contributed by atoms with Crippen molar-refractivity contribution in [1.82, 2.24) is 14.9 Å². The Morgan fingerprint density at radius 1 is 1.19 bits per heavy atom. The summed E-state index contributed by atoms with van der Waals surface area (Å²) in [6, 6.07) is 6.36. The van der Waals surface area contributed by atoms with E-state index in [1.807, 2.05) is 4.90 Å². The van der Waals surface area contributed by atoms with Gasteiger partial charge in [0.1, 0.15) is 12.1 Å². The molecule has 5 heteroatoms. The lowest BCUT2D eigenvalue weighted by Gasteiger charge is -2.35. The topological polar surface area (TPSA) is 49.3 Å². The molecular formula is C16H20N4O. The number of carbonyl (C=O) groups is 1. The van der Waals surface area contributed by atoms with Crippen LogP contribution in [0, 0.1) is 0 Å². The Morgan fingerprint density at radius 2 is 1.95 bits per heavy atom. The van der Waals surface area contributed by atoms with Gasteiger partial charge < -0.3 is 9.80 Å². The van der Waals surface area contributed by atoms with E-state index in [1.165, 1.54) is 5.56 Å². The fraction of sp³-hybridized carbons (Fsp3) is 0.438. The highest BCUT2D eigenvalue weighted by atomic mass is 16.2. The molecule has 1 aliphatic heterocycles. The highest BCUT2D eigenvalue weighted by molar-refractivity contribution is 5.90. The maximum Gasteiger partial charge on any atom is 0.219 e. The molecule has 0 spiro atoms. The molecule has 0 bridgehead atoms. The van der Waals surface area contributed by atoms with E-state index in [4.69, 9.17) is 0 Å². The molecule has 0 N–H and O–H groups in total. The van der Waals surface area contributed by atoms with Crippen LogP contribution in [0.25, 0.3) is 10.9 Å². The maximum atomic E-state index is 11.4. The minimum atomic E-state index is 0.149. The van der Waals surface area contributed by atoms with Gasteiger partial charge >= 0.3 is 0 Å². The molecule has 21 heavy (non-hydrogen) atoms. The van der Waals surface area contributed by atoms with Gasteiger partial charge in [0.15, 0.2) is 0 Å². The van der Waals surface area contributed by atoms with Gasteiger partial charge in [0.05, 0.1) is 5.52 Å². The second-order valence-electron chi connectivity index (χ2n) is 5.40. The van der Waals surface area contributed by atoms with Crippen LogP contribution in [-0.4, -0.2) is 47.0 Å². The first-order chi connectivity index (χ1) is 10.2. The molecule has 5 nitrogen and oxygen atoms in total. The Bertz CT molecular complexity index is 662. The molecule has 110 valence electrons. The smallest absolute Gasteiger partial charge is 0.219 e. The summed E-state index contributed by atoms with van der Waals surface area (Å²) in [5.41, 5.74) is 2.27. The second kappa shape index (κ2) is 5.68. The number of rotatable bonds is 2. The van der Waals surface area contributed by atoms with Gasteiger partial charge in [0.2, 0.25) is 5.91 Å². The molecule has 2 aromatic rings. The SMILES string of the molecule is CCc1ccc2ncnc(N3CCN(C(C)=O)CC3)c2c1. The lowest BCUT2D eigenvalue weighted by atomic mass is 10.1. The second-order valence-corrected chi connectivity index (χ2v) is 5.40. The van der Waals surface area contributed by atoms with Crippen LogP contribution >= 0.6 is 0 Å². The normalized spacial score (nSPS) is 15.5. The molecule has 0 aliphatic carbocycles. The summed E-state index contributed by atoms with van der Waals surface area (Å²) in [7, 11) is 0. The van der Waals surface area contributed by atoms with E-state index in [-0.39, 0.29) is 5.91 Å². The molecule has 1 aliphatic rings. The molecule has 1 saturated heterocycles. The number of hydrogen-bond acceptors (Lipinski definition) is 4. The first-order valence-corrected chi connectivity index (χ1v) is 7.43. The predicted octanol–water partition coefficient (Wildman–Crippen LogP) is 1.86. The Hall–Kier alpha value is -2.17. The number of piperazine rings is 1. The van der Waals surface area contributed by atoms with Crippen molar-refractivity contribution in [2.24, 2.45) is 0 Å². The lowest BCUT2D eigenvalue weighted by molar-refractivity contribution is -0.129. The zero-order valence-electron chi connectivity index (χ0n) is 12.5. The molecule has 0 unspecified atom stereocenters. The zero-order chi connectivity index (χ0) is 14.8. The third-order valence-corrected chi connectivity index (χ3v) is 4.11. The fourth-order valence-electron chi connectivity index (χ4n) is 2.80. The third kappa shape index (κ3) is 2.68. The number of nitrogens with zero attached hydrogens (tertiary/aromatic N) is 4. The van der Waals surface area contributed by atoms with Crippen LogP contribution in [0.1, 0.15) is 19.4 Å². The number of benzene rings is 1. The van der Waals surface area contributed by atoms with E-state index in [1.54, 1.807) is 13.3 Å². The average Bonchev–Trinajstić information content (AvgIpc) is 2.54. The van der Waals surface area contributed by atoms with Crippen molar-refractivity contribution in [3.8, 4) is 0 Å². The molecule has 1 aromatic carbocycles. The first kappa shape index (κ1) is 13.8. The van der Waals surface area contributed by atoms with Crippen molar-refractivity contribution >= 4 is 22.6 Å². The van der Waals surface area contributed by atoms with E-state index < -0.39 is 0 Å². The minimum absolute atomic E-state index is 0.149. The Morgan fingerprint density at radius 3 is 2.62 bits per heavy atom. The number of amides is 1. The number of fused-ring (bicyclic) bond motifs is 1. The van der Waals surface area contributed by atoms with Crippen LogP contribution in [0.5, 0.6) is 0 Å². The summed E-state index contributed by atoms with van der Waals surface area (Å²) >= 11 is 0. The summed E-state index contributed by atoms with van der Waals surface area (Å²) in [6.45, 7) is 6.94. The summed E-state index contributed by atoms with van der Waals surface area (Å²) in [6.07, 6.45) is 2.63. The molecule has 1 amide bonds. The summed E-state index contributed by atoms with van der Waals surface area (Å²) in [5.74, 6) is 1.13. The lowest BCUT2D eigenvalue weighted by Crippen LogP contribution is -2.48. The minimum Gasteiger partial charge on any atom is -0.352 e. The number of carbonyl (C=O) groups excluding carboxylic acids is 1. The van der Waals surface area contributed by atoms with E-state index in [0.29, 0.717) is 0 Å². The van der Waals surface area contributed by atoms with Crippen molar-refractivity contribution in [3.05, 3.63) is 30.1 Å². The molecule has 3 rings (SSSR count). The first-order valence-electron chi connectivity index (χ1n) is 7.43. The number of hydrogen-bond donors (Lipinski definition) is 0. The van der Waals surface area contributed by atoms with Crippen LogP contribution in [-0.2, 0) is 11.2 Å². The van der Waals surface area contributed by atoms with E-state index >= 15 is 0 Å².